The van der Waals surface area contributed by atoms with Gasteiger partial charge in [-0.05, 0) is 13.0 Å². The Morgan fingerprint density at radius 1 is 1.48 bits per heavy atom. The Balaban J connectivity index is 1.87. The van der Waals surface area contributed by atoms with Crippen LogP contribution in [0.2, 0.25) is 0 Å². The van der Waals surface area contributed by atoms with Crippen LogP contribution >= 0.6 is 0 Å². The summed E-state index contributed by atoms with van der Waals surface area (Å²) in [6.07, 6.45) is 3.02. The minimum atomic E-state index is 0.0228. The van der Waals surface area contributed by atoms with E-state index in [4.69, 9.17) is 14.5 Å². The van der Waals surface area contributed by atoms with Crippen LogP contribution in [0.3, 0.4) is 0 Å². The Labute approximate surface area is 126 Å². The van der Waals surface area contributed by atoms with E-state index < -0.39 is 0 Å². The normalized spacial score (nSPS) is 25.3. The summed E-state index contributed by atoms with van der Waals surface area (Å²) >= 11 is 0. The molecule has 1 aromatic heterocycles. The standard InChI is InChI=1S/C15H24N4O2/c1-18(2)14-16-8-12-9-21-11-15(13(12)17-14)4-5-19(10-15)6-7-20-3/h8H,4-7,9-11H2,1-3H3/t15-/m0/s1. The molecule has 116 valence electrons. The van der Waals surface area contributed by atoms with Gasteiger partial charge < -0.3 is 14.4 Å². The molecular weight excluding hydrogens is 268 g/mol. The molecule has 3 rings (SSSR count). The minimum absolute atomic E-state index is 0.0228. The lowest BCUT2D eigenvalue weighted by atomic mass is 9.80. The molecule has 1 atom stereocenters. The topological polar surface area (TPSA) is 50.7 Å². The van der Waals surface area contributed by atoms with Crippen LogP contribution in [0.1, 0.15) is 17.7 Å². The zero-order valence-electron chi connectivity index (χ0n) is 13.1. The number of anilines is 1. The van der Waals surface area contributed by atoms with Gasteiger partial charge in [0.2, 0.25) is 5.95 Å². The number of hydrogen-bond acceptors (Lipinski definition) is 6. The molecule has 0 radical (unpaired) electrons. The van der Waals surface area contributed by atoms with Gasteiger partial charge in [-0.1, -0.05) is 0 Å². The highest BCUT2D eigenvalue weighted by Crippen LogP contribution is 2.39. The molecule has 1 saturated heterocycles. The first-order valence-electron chi connectivity index (χ1n) is 7.47. The van der Waals surface area contributed by atoms with Gasteiger partial charge in [0, 0.05) is 46.1 Å². The Bertz CT molecular complexity index is 508. The van der Waals surface area contributed by atoms with Crippen LogP contribution in [0.25, 0.3) is 0 Å². The smallest absolute Gasteiger partial charge is 0.225 e. The molecule has 0 aromatic carbocycles. The van der Waals surface area contributed by atoms with E-state index in [2.05, 4.69) is 9.88 Å². The average molecular weight is 292 g/mol. The molecule has 0 amide bonds. The SMILES string of the molecule is COCCN1CC[C@@]2(COCc3cnc(N(C)C)nc32)C1. The van der Waals surface area contributed by atoms with Gasteiger partial charge in [-0.3, -0.25) is 4.90 Å². The summed E-state index contributed by atoms with van der Waals surface area (Å²) in [6.45, 7) is 5.20. The molecule has 0 N–H and O–H groups in total. The second-order valence-electron chi connectivity index (χ2n) is 6.23. The van der Waals surface area contributed by atoms with E-state index in [1.54, 1.807) is 7.11 Å². The largest absolute Gasteiger partial charge is 0.383 e. The molecule has 6 nitrogen and oxygen atoms in total. The molecular formula is C15H24N4O2. The second-order valence-corrected chi connectivity index (χ2v) is 6.23. The summed E-state index contributed by atoms with van der Waals surface area (Å²) in [4.78, 5) is 13.7. The van der Waals surface area contributed by atoms with Gasteiger partial charge in [-0.25, -0.2) is 9.97 Å². The summed E-state index contributed by atoms with van der Waals surface area (Å²) in [5.41, 5.74) is 2.35. The number of hydrogen-bond donors (Lipinski definition) is 0. The van der Waals surface area contributed by atoms with E-state index in [-0.39, 0.29) is 5.41 Å². The molecule has 0 saturated carbocycles. The van der Waals surface area contributed by atoms with Crippen molar-refractivity contribution in [2.24, 2.45) is 0 Å². The van der Waals surface area contributed by atoms with Crippen molar-refractivity contribution in [3.05, 3.63) is 17.5 Å². The first-order valence-corrected chi connectivity index (χ1v) is 7.47. The maximum Gasteiger partial charge on any atom is 0.225 e. The van der Waals surface area contributed by atoms with Crippen LogP contribution in [0, 0.1) is 0 Å². The number of nitrogens with zero attached hydrogens (tertiary/aromatic N) is 4. The quantitative estimate of drug-likeness (QED) is 0.813. The molecule has 0 bridgehead atoms. The van der Waals surface area contributed by atoms with Crippen molar-refractivity contribution in [1.29, 1.82) is 0 Å². The van der Waals surface area contributed by atoms with Crippen LogP contribution in [0.15, 0.2) is 6.20 Å². The molecule has 1 aromatic rings. The van der Waals surface area contributed by atoms with Crippen molar-refractivity contribution in [2.45, 2.75) is 18.4 Å². The second kappa shape index (κ2) is 5.87. The van der Waals surface area contributed by atoms with Crippen molar-refractivity contribution in [1.82, 2.24) is 14.9 Å². The fraction of sp³-hybridized carbons (Fsp3) is 0.733. The Morgan fingerprint density at radius 3 is 3.10 bits per heavy atom. The number of methoxy groups -OCH3 is 1. The molecule has 2 aliphatic heterocycles. The minimum Gasteiger partial charge on any atom is -0.383 e. The summed E-state index contributed by atoms with van der Waals surface area (Å²) in [6, 6.07) is 0. The first kappa shape index (κ1) is 14.7. The number of ether oxygens (including phenoxy) is 2. The van der Waals surface area contributed by atoms with Crippen molar-refractivity contribution >= 4 is 5.95 Å². The molecule has 1 fully saturated rings. The highest BCUT2D eigenvalue weighted by molar-refractivity contribution is 5.37. The van der Waals surface area contributed by atoms with E-state index in [1.165, 1.54) is 5.69 Å². The lowest BCUT2D eigenvalue weighted by molar-refractivity contribution is 0.0492. The van der Waals surface area contributed by atoms with Gasteiger partial charge in [-0.2, -0.15) is 0 Å². The van der Waals surface area contributed by atoms with Gasteiger partial charge in [0.05, 0.1) is 30.9 Å². The van der Waals surface area contributed by atoms with Crippen LogP contribution in [0.4, 0.5) is 5.95 Å². The van der Waals surface area contributed by atoms with E-state index in [1.807, 2.05) is 25.2 Å². The van der Waals surface area contributed by atoms with Gasteiger partial charge in [0.1, 0.15) is 0 Å². The number of fused-ring (bicyclic) bond motifs is 2. The van der Waals surface area contributed by atoms with Crippen LogP contribution < -0.4 is 4.90 Å². The predicted octanol–water partition coefficient (Wildman–Crippen LogP) is 0.663. The Morgan fingerprint density at radius 2 is 2.33 bits per heavy atom. The first-order chi connectivity index (χ1) is 10.1. The van der Waals surface area contributed by atoms with Crippen LogP contribution in [-0.2, 0) is 21.5 Å². The lowest BCUT2D eigenvalue weighted by Crippen LogP contribution is -2.41. The Kier molecular flexibility index (Phi) is 4.10. The maximum absolute atomic E-state index is 5.84. The monoisotopic (exact) mass is 292 g/mol. The molecule has 0 aliphatic carbocycles. The fourth-order valence-electron chi connectivity index (χ4n) is 3.28. The Hall–Kier alpha value is -1.24. The molecule has 1 spiro atoms. The fourth-order valence-corrected chi connectivity index (χ4v) is 3.28. The summed E-state index contributed by atoms with van der Waals surface area (Å²) in [5.74, 6) is 0.783. The molecule has 21 heavy (non-hydrogen) atoms. The van der Waals surface area contributed by atoms with E-state index in [0.717, 1.165) is 50.8 Å². The van der Waals surface area contributed by atoms with Gasteiger partial charge >= 0.3 is 0 Å². The van der Waals surface area contributed by atoms with Crippen molar-refractivity contribution in [3.63, 3.8) is 0 Å². The molecule has 2 aliphatic rings. The third-order valence-electron chi connectivity index (χ3n) is 4.43. The lowest BCUT2D eigenvalue weighted by Gasteiger charge is -2.34. The van der Waals surface area contributed by atoms with Gasteiger partial charge in [-0.15, -0.1) is 0 Å². The average Bonchev–Trinajstić information content (AvgIpc) is 2.89. The highest BCUT2D eigenvalue weighted by atomic mass is 16.5. The molecule has 3 heterocycles. The van der Waals surface area contributed by atoms with Crippen molar-refractivity contribution in [3.8, 4) is 0 Å². The van der Waals surface area contributed by atoms with Crippen molar-refractivity contribution < 1.29 is 9.47 Å². The van der Waals surface area contributed by atoms with E-state index in [0.29, 0.717) is 6.61 Å². The van der Waals surface area contributed by atoms with Gasteiger partial charge in [0.15, 0.2) is 0 Å². The number of likely N-dealkylation sites (tertiary alicyclic amines) is 1. The van der Waals surface area contributed by atoms with Crippen molar-refractivity contribution in [2.75, 3.05) is 59.0 Å². The zero-order chi connectivity index (χ0) is 14.9. The molecule has 6 heteroatoms. The highest BCUT2D eigenvalue weighted by Gasteiger charge is 2.44. The zero-order valence-corrected chi connectivity index (χ0v) is 13.1. The third kappa shape index (κ3) is 2.75. The van der Waals surface area contributed by atoms with Gasteiger partial charge in [0.25, 0.3) is 0 Å². The van der Waals surface area contributed by atoms with Crippen LogP contribution in [0.5, 0.6) is 0 Å². The summed E-state index contributed by atoms with van der Waals surface area (Å²) in [5, 5.41) is 0. The maximum atomic E-state index is 5.84. The number of rotatable bonds is 4. The number of aromatic nitrogens is 2. The van der Waals surface area contributed by atoms with Crippen LogP contribution in [-0.4, -0.2) is 68.9 Å². The van der Waals surface area contributed by atoms with E-state index in [9.17, 15) is 0 Å². The third-order valence-corrected chi connectivity index (χ3v) is 4.43. The summed E-state index contributed by atoms with van der Waals surface area (Å²) < 4.78 is 11.0. The molecule has 0 unspecified atom stereocenters. The summed E-state index contributed by atoms with van der Waals surface area (Å²) in [7, 11) is 5.71. The predicted molar refractivity (Wildman–Crippen MR) is 80.6 cm³/mol. The van der Waals surface area contributed by atoms with E-state index >= 15 is 0 Å².